The molecule has 1 aliphatic heterocycles. The third-order valence-electron chi connectivity index (χ3n) is 6.86. The molecule has 0 spiro atoms. The Morgan fingerprint density at radius 1 is 1.28 bits per heavy atom. The van der Waals surface area contributed by atoms with Crippen LogP contribution in [0.25, 0.3) is 0 Å². The number of pyridine rings is 1. The van der Waals surface area contributed by atoms with Gasteiger partial charge in [-0.1, -0.05) is 26.8 Å². The van der Waals surface area contributed by atoms with E-state index in [0.717, 1.165) is 26.2 Å². The number of hydrogen-bond donors (Lipinski definition) is 2. The van der Waals surface area contributed by atoms with Crippen molar-refractivity contribution >= 4 is 5.91 Å². The van der Waals surface area contributed by atoms with Gasteiger partial charge in [0.1, 0.15) is 6.10 Å². The van der Waals surface area contributed by atoms with Crippen LogP contribution in [-0.4, -0.2) is 29.8 Å². The fourth-order valence-electron chi connectivity index (χ4n) is 4.61. The van der Waals surface area contributed by atoms with Crippen molar-refractivity contribution in [2.24, 2.45) is 11.8 Å². The largest absolute Gasteiger partial charge is 0.493 e. The summed E-state index contributed by atoms with van der Waals surface area (Å²) in [6.45, 7) is 6.77. The molecule has 6 nitrogen and oxygen atoms in total. The van der Waals surface area contributed by atoms with Gasteiger partial charge in [-0.15, -0.1) is 0 Å². The Kier molecular flexibility index (Phi) is 7.55. The molecule has 1 amide bonds. The topological polar surface area (TPSA) is 80.4 Å². The van der Waals surface area contributed by atoms with Gasteiger partial charge in [-0.05, 0) is 19.9 Å². The van der Waals surface area contributed by atoms with Crippen LogP contribution in [0.1, 0.15) is 62.2 Å². The number of ether oxygens (including phenoxy) is 2. The zero-order valence-electron chi connectivity index (χ0n) is 20.8. The summed E-state index contributed by atoms with van der Waals surface area (Å²) in [6, 6.07) is 3.23. The highest BCUT2D eigenvalue weighted by Gasteiger charge is 2.65. The molecule has 2 heterocycles. The molecule has 1 aromatic heterocycles. The number of carbonyl (C=O) groups excluding carboxylic acids is 1. The lowest BCUT2D eigenvalue weighted by atomic mass is 9.76. The van der Waals surface area contributed by atoms with E-state index in [4.69, 9.17) is 9.47 Å². The van der Waals surface area contributed by atoms with Crippen molar-refractivity contribution < 1.29 is 36.2 Å². The van der Waals surface area contributed by atoms with Gasteiger partial charge in [-0.2, -0.15) is 17.6 Å². The maximum absolute atomic E-state index is 14.6. The molecule has 1 aromatic carbocycles. The van der Waals surface area contributed by atoms with Crippen LogP contribution in [0.4, 0.5) is 22.0 Å². The normalized spacial score (nSPS) is 24.3. The van der Waals surface area contributed by atoms with E-state index < -0.39 is 58.4 Å². The van der Waals surface area contributed by atoms with Gasteiger partial charge in [0.05, 0.1) is 12.8 Å². The lowest BCUT2D eigenvalue weighted by molar-refractivity contribution is -0.275. The molecular weight excluding hydrogens is 487 g/mol. The monoisotopic (exact) mass is 516 g/mol. The Morgan fingerprint density at radius 3 is 2.47 bits per heavy atom. The van der Waals surface area contributed by atoms with Crippen LogP contribution >= 0.6 is 0 Å². The predicted molar refractivity (Wildman–Crippen MR) is 122 cm³/mol. The first-order valence-corrected chi connectivity index (χ1v) is 11.4. The van der Waals surface area contributed by atoms with Crippen molar-refractivity contribution in [2.45, 2.75) is 65.0 Å². The molecule has 4 atom stereocenters. The lowest BCUT2D eigenvalue weighted by Crippen LogP contribution is -2.46. The zero-order valence-corrected chi connectivity index (χ0v) is 20.8. The minimum Gasteiger partial charge on any atom is -0.493 e. The number of benzene rings is 1. The van der Waals surface area contributed by atoms with Gasteiger partial charge < -0.3 is 19.8 Å². The molecule has 0 radical (unpaired) electrons. The number of halogens is 5. The lowest BCUT2D eigenvalue weighted by Gasteiger charge is -2.32. The predicted octanol–water partition coefficient (Wildman–Crippen LogP) is 5.05. The standard InChI is InChI=1S/C25H29F5N2O4/c1-11(2)23(34)31-10-15-17(33)9-12(3)32-20(15)22-18(13(4)24(5,36-22)25(28,29)30)14-7-8-16(26)19(27)21(14)35-6/h7-9,11,13,18,22H,10H2,1-6H3,(H,31,34)(H,32,33)/t13-,18-,22+,24+/m0/s1. The molecule has 36 heavy (non-hydrogen) atoms. The van der Waals surface area contributed by atoms with E-state index in [1.807, 2.05) is 0 Å². The van der Waals surface area contributed by atoms with Gasteiger partial charge in [0.2, 0.25) is 11.7 Å². The molecule has 0 aliphatic carbocycles. The van der Waals surface area contributed by atoms with E-state index in [0.29, 0.717) is 5.69 Å². The second-order valence-corrected chi connectivity index (χ2v) is 9.52. The molecule has 0 bridgehead atoms. The average Bonchev–Trinajstić information content (AvgIpc) is 3.05. The van der Waals surface area contributed by atoms with Crippen LogP contribution in [0.3, 0.4) is 0 Å². The van der Waals surface area contributed by atoms with Crippen LogP contribution in [0.15, 0.2) is 23.0 Å². The molecule has 0 unspecified atom stereocenters. The SMILES string of the molecule is COc1c([C@H]2[C@H](c3[nH]c(C)cc(=O)c3CNC(=O)C(C)C)O[C@@](C)(C(F)(F)F)[C@H]2C)ccc(F)c1F. The van der Waals surface area contributed by atoms with Gasteiger partial charge in [0, 0.05) is 47.2 Å². The molecule has 198 valence electrons. The number of carbonyl (C=O) groups is 1. The van der Waals surface area contributed by atoms with Crippen molar-refractivity contribution in [3.8, 4) is 5.75 Å². The third-order valence-corrected chi connectivity index (χ3v) is 6.86. The fraction of sp³-hybridized carbons (Fsp3) is 0.520. The second kappa shape index (κ2) is 9.84. The van der Waals surface area contributed by atoms with Gasteiger partial charge >= 0.3 is 6.18 Å². The van der Waals surface area contributed by atoms with Gasteiger partial charge in [-0.3, -0.25) is 9.59 Å². The highest BCUT2D eigenvalue weighted by molar-refractivity contribution is 5.77. The van der Waals surface area contributed by atoms with Crippen LogP contribution in [0, 0.1) is 30.4 Å². The Labute approximate surface area is 205 Å². The van der Waals surface area contributed by atoms with Crippen LogP contribution in [-0.2, 0) is 16.1 Å². The highest BCUT2D eigenvalue weighted by atomic mass is 19.4. The number of aromatic nitrogens is 1. The second-order valence-electron chi connectivity index (χ2n) is 9.52. The number of hydrogen-bond acceptors (Lipinski definition) is 4. The molecule has 1 fully saturated rings. The van der Waals surface area contributed by atoms with Gasteiger partial charge in [0.25, 0.3) is 0 Å². The number of alkyl halides is 3. The fourth-order valence-corrected chi connectivity index (χ4v) is 4.61. The Morgan fingerprint density at radius 2 is 1.92 bits per heavy atom. The summed E-state index contributed by atoms with van der Waals surface area (Å²) < 4.78 is 82.1. The van der Waals surface area contributed by atoms with Crippen molar-refractivity contribution in [2.75, 3.05) is 7.11 Å². The molecule has 2 N–H and O–H groups in total. The molecule has 1 saturated heterocycles. The van der Waals surface area contributed by atoms with E-state index >= 15 is 0 Å². The van der Waals surface area contributed by atoms with E-state index in [2.05, 4.69) is 10.3 Å². The third kappa shape index (κ3) is 4.72. The average molecular weight is 517 g/mol. The van der Waals surface area contributed by atoms with Gasteiger partial charge in [-0.25, -0.2) is 4.39 Å². The number of aryl methyl sites for hydroxylation is 1. The maximum atomic E-state index is 14.6. The molecule has 11 heteroatoms. The molecule has 3 rings (SSSR count). The zero-order chi connectivity index (χ0) is 27.2. The van der Waals surface area contributed by atoms with E-state index in [9.17, 15) is 31.5 Å². The summed E-state index contributed by atoms with van der Waals surface area (Å²) >= 11 is 0. The summed E-state index contributed by atoms with van der Waals surface area (Å²) in [6.07, 6.45) is -6.26. The number of amides is 1. The Hall–Kier alpha value is -2.95. The summed E-state index contributed by atoms with van der Waals surface area (Å²) in [7, 11) is 1.08. The molecule has 1 aliphatic rings. The number of methoxy groups -OCH3 is 1. The van der Waals surface area contributed by atoms with E-state index in [-0.39, 0.29) is 29.3 Å². The van der Waals surface area contributed by atoms with Crippen LogP contribution < -0.4 is 15.5 Å². The number of aromatic amines is 1. The van der Waals surface area contributed by atoms with Crippen LogP contribution in [0.5, 0.6) is 5.75 Å². The number of H-pyrrole nitrogens is 1. The highest BCUT2D eigenvalue weighted by Crippen LogP contribution is 2.59. The van der Waals surface area contributed by atoms with Crippen molar-refractivity contribution in [1.29, 1.82) is 0 Å². The molecular formula is C25H29F5N2O4. The summed E-state index contributed by atoms with van der Waals surface area (Å²) in [5, 5.41) is 2.61. The van der Waals surface area contributed by atoms with Crippen molar-refractivity contribution in [3.05, 3.63) is 62.6 Å². The number of rotatable bonds is 6. The van der Waals surface area contributed by atoms with Crippen molar-refractivity contribution in [3.63, 3.8) is 0 Å². The quantitative estimate of drug-likeness (QED) is 0.527. The Balaban J connectivity index is 2.26. The first kappa shape index (κ1) is 27.6. The smallest absolute Gasteiger partial charge is 0.417 e. The van der Waals surface area contributed by atoms with E-state index in [1.54, 1.807) is 20.8 Å². The molecule has 0 saturated carbocycles. The summed E-state index contributed by atoms with van der Waals surface area (Å²) in [5.74, 6) is -6.37. The van der Waals surface area contributed by atoms with Crippen LogP contribution in [0.2, 0.25) is 0 Å². The first-order chi connectivity index (χ1) is 16.6. The minimum absolute atomic E-state index is 0.00442. The van der Waals surface area contributed by atoms with E-state index in [1.165, 1.54) is 13.0 Å². The maximum Gasteiger partial charge on any atom is 0.417 e. The Bertz CT molecular complexity index is 1210. The summed E-state index contributed by atoms with van der Waals surface area (Å²) in [4.78, 5) is 28.0. The summed E-state index contributed by atoms with van der Waals surface area (Å²) in [5.41, 5.74) is -2.89. The minimum atomic E-state index is -4.83. The first-order valence-electron chi connectivity index (χ1n) is 11.4. The number of nitrogens with one attached hydrogen (secondary N) is 2. The molecule has 2 aromatic rings. The van der Waals surface area contributed by atoms with Gasteiger partial charge in [0.15, 0.2) is 22.6 Å². The van der Waals surface area contributed by atoms with Crippen molar-refractivity contribution in [1.82, 2.24) is 10.3 Å².